The maximum absolute atomic E-state index is 10.1. The lowest BCUT2D eigenvalue weighted by Gasteiger charge is -2.34. The molecule has 0 radical (unpaired) electrons. The molecule has 0 saturated carbocycles. The molecule has 2 aromatic rings. The second-order valence-corrected chi connectivity index (χ2v) is 6.55. The number of piperazine rings is 1. The van der Waals surface area contributed by atoms with Crippen molar-refractivity contribution in [2.75, 3.05) is 26.2 Å². The van der Waals surface area contributed by atoms with Gasteiger partial charge in [-0.25, -0.2) is 0 Å². The van der Waals surface area contributed by atoms with Crippen LogP contribution in [0.5, 0.6) is 5.75 Å². The zero-order valence-corrected chi connectivity index (χ0v) is 14.2. The highest BCUT2D eigenvalue weighted by atomic mass is 16.5. The number of aromatic nitrogens is 1. The standard InChI is InChI=1S/C18H25N3O2/c1-13-8-16(18(22)9-14(13)2)11-20-4-6-21(7-5-20)12-17-10-15(3)19-23-17/h8-10,22H,4-7,11-12H2,1-3H3. The first-order valence-corrected chi connectivity index (χ1v) is 8.17. The topological polar surface area (TPSA) is 52.7 Å². The number of rotatable bonds is 4. The fraction of sp³-hybridized carbons (Fsp3) is 0.500. The van der Waals surface area contributed by atoms with Gasteiger partial charge in [-0.3, -0.25) is 9.80 Å². The fourth-order valence-electron chi connectivity index (χ4n) is 3.05. The van der Waals surface area contributed by atoms with E-state index >= 15 is 0 Å². The SMILES string of the molecule is Cc1cc(CN2CCN(Cc3cc(C)c(C)cc3O)CC2)on1. The zero-order valence-electron chi connectivity index (χ0n) is 14.2. The highest BCUT2D eigenvalue weighted by molar-refractivity contribution is 5.40. The number of aryl methyl sites for hydroxylation is 3. The van der Waals surface area contributed by atoms with E-state index in [-0.39, 0.29) is 0 Å². The highest BCUT2D eigenvalue weighted by Gasteiger charge is 2.19. The summed E-state index contributed by atoms with van der Waals surface area (Å²) in [7, 11) is 0. The van der Waals surface area contributed by atoms with E-state index in [1.165, 1.54) is 5.56 Å². The van der Waals surface area contributed by atoms with E-state index < -0.39 is 0 Å². The number of phenols is 1. The van der Waals surface area contributed by atoms with Crippen molar-refractivity contribution >= 4 is 0 Å². The predicted molar refractivity (Wildman–Crippen MR) is 89.4 cm³/mol. The van der Waals surface area contributed by atoms with Gasteiger partial charge in [0.25, 0.3) is 0 Å². The number of benzene rings is 1. The summed E-state index contributed by atoms with van der Waals surface area (Å²) >= 11 is 0. The Balaban J connectivity index is 1.54. The molecule has 0 aliphatic carbocycles. The summed E-state index contributed by atoms with van der Waals surface area (Å²) in [6.07, 6.45) is 0. The smallest absolute Gasteiger partial charge is 0.150 e. The predicted octanol–water partition coefficient (Wildman–Crippen LogP) is 2.62. The Morgan fingerprint density at radius 1 is 0.957 bits per heavy atom. The quantitative estimate of drug-likeness (QED) is 0.940. The summed E-state index contributed by atoms with van der Waals surface area (Å²) in [5.41, 5.74) is 4.33. The van der Waals surface area contributed by atoms with Crippen LogP contribution < -0.4 is 0 Å². The van der Waals surface area contributed by atoms with Gasteiger partial charge in [0.15, 0.2) is 5.76 Å². The summed E-state index contributed by atoms with van der Waals surface area (Å²) in [5, 5.41) is 14.1. The summed E-state index contributed by atoms with van der Waals surface area (Å²) in [6, 6.07) is 5.97. The first-order chi connectivity index (χ1) is 11.0. The summed E-state index contributed by atoms with van der Waals surface area (Å²) in [5.74, 6) is 1.34. The van der Waals surface area contributed by atoms with Gasteiger partial charge in [0, 0.05) is 44.4 Å². The largest absolute Gasteiger partial charge is 0.508 e. The molecular weight excluding hydrogens is 290 g/mol. The molecular formula is C18H25N3O2. The van der Waals surface area contributed by atoms with Crippen molar-refractivity contribution in [1.82, 2.24) is 15.0 Å². The van der Waals surface area contributed by atoms with E-state index in [9.17, 15) is 5.11 Å². The lowest BCUT2D eigenvalue weighted by Crippen LogP contribution is -2.45. The Labute approximate surface area is 137 Å². The zero-order chi connectivity index (χ0) is 16.4. The molecule has 1 N–H and O–H groups in total. The fourth-order valence-corrected chi connectivity index (χ4v) is 3.05. The van der Waals surface area contributed by atoms with Gasteiger partial charge < -0.3 is 9.63 Å². The van der Waals surface area contributed by atoms with Crippen LogP contribution in [-0.4, -0.2) is 46.2 Å². The second-order valence-electron chi connectivity index (χ2n) is 6.55. The number of aromatic hydroxyl groups is 1. The average Bonchev–Trinajstić information content (AvgIpc) is 2.92. The van der Waals surface area contributed by atoms with Crippen molar-refractivity contribution in [3.05, 3.63) is 46.3 Å². The van der Waals surface area contributed by atoms with Gasteiger partial charge in [0.2, 0.25) is 0 Å². The normalized spacial score (nSPS) is 16.8. The van der Waals surface area contributed by atoms with Gasteiger partial charge in [0.1, 0.15) is 5.75 Å². The molecule has 5 nitrogen and oxygen atoms in total. The van der Waals surface area contributed by atoms with E-state index in [1.54, 1.807) is 0 Å². The molecule has 0 spiro atoms. The van der Waals surface area contributed by atoms with Gasteiger partial charge in [-0.1, -0.05) is 11.2 Å². The maximum atomic E-state index is 10.1. The van der Waals surface area contributed by atoms with Crippen LogP contribution in [0.4, 0.5) is 0 Å². The lowest BCUT2D eigenvalue weighted by molar-refractivity contribution is 0.113. The molecule has 1 aliphatic heterocycles. The summed E-state index contributed by atoms with van der Waals surface area (Å²) in [6.45, 7) is 11.7. The second kappa shape index (κ2) is 6.72. The molecule has 0 amide bonds. The van der Waals surface area contributed by atoms with Crippen molar-refractivity contribution in [2.24, 2.45) is 0 Å². The van der Waals surface area contributed by atoms with Crippen LogP contribution in [0.2, 0.25) is 0 Å². The van der Waals surface area contributed by atoms with Gasteiger partial charge in [-0.2, -0.15) is 0 Å². The minimum absolute atomic E-state index is 0.410. The Morgan fingerprint density at radius 3 is 2.17 bits per heavy atom. The Bertz CT molecular complexity index is 673. The van der Waals surface area contributed by atoms with Crippen molar-refractivity contribution in [3.8, 4) is 5.75 Å². The summed E-state index contributed by atoms with van der Waals surface area (Å²) < 4.78 is 5.29. The average molecular weight is 315 g/mol. The van der Waals surface area contributed by atoms with E-state index in [2.05, 4.69) is 27.9 Å². The highest BCUT2D eigenvalue weighted by Crippen LogP contribution is 2.23. The first-order valence-electron chi connectivity index (χ1n) is 8.17. The molecule has 0 bridgehead atoms. The molecule has 0 unspecified atom stereocenters. The van der Waals surface area contributed by atoms with Gasteiger partial charge in [-0.15, -0.1) is 0 Å². The third-order valence-corrected chi connectivity index (χ3v) is 4.61. The van der Waals surface area contributed by atoms with Crippen LogP contribution in [0.1, 0.15) is 28.1 Å². The Hall–Kier alpha value is -1.85. The Kier molecular flexibility index (Phi) is 4.68. The lowest BCUT2D eigenvalue weighted by atomic mass is 10.0. The van der Waals surface area contributed by atoms with Crippen LogP contribution in [0, 0.1) is 20.8 Å². The molecule has 5 heteroatoms. The van der Waals surface area contributed by atoms with Crippen LogP contribution in [0.15, 0.2) is 22.7 Å². The molecule has 0 atom stereocenters. The molecule has 23 heavy (non-hydrogen) atoms. The number of phenolic OH excluding ortho intramolecular Hbond substituents is 1. The summed E-state index contributed by atoms with van der Waals surface area (Å²) in [4.78, 5) is 4.78. The van der Waals surface area contributed by atoms with E-state index in [0.717, 1.165) is 61.8 Å². The molecule has 1 saturated heterocycles. The van der Waals surface area contributed by atoms with E-state index in [4.69, 9.17) is 4.52 Å². The molecule has 1 fully saturated rings. The first kappa shape index (κ1) is 16.0. The monoisotopic (exact) mass is 315 g/mol. The van der Waals surface area contributed by atoms with Crippen molar-refractivity contribution in [3.63, 3.8) is 0 Å². The van der Waals surface area contributed by atoms with Crippen molar-refractivity contribution in [2.45, 2.75) is 33.9 Å². The third-order valence-electron chi connectivity index (χ3n) is 4.61. The molecule has 3 rings (SSSR count). The number of hydrogen-bond donors (Lipinski definition) is 1. The Morgan fingerprint density at radius 2 is 1.57 bits per heavy atom. The third kappa shape index (κ3) is 3.92. The van der Waals surface area contributed by atoms with Gasteiger partial charge in [0.05, 0.1) is 12.2 Å². The van der Waals surface area contributed by atoms with Crippen LogP contribution in [0.3, 0.4) is 0 Å². The molecule has 2 heterocycles. The molecule has 124 valence electrons. The maximum Gasteiger partial charge on any atom is 0.150 e. The number of hydrogen-bond acceptors (Lipinski definition) is 5. The van der Waals surface area contributed by atoms with Crippen molar-refractivity contribution in [1.29, 1.82) is 0 Å². The molecule has 1 aliphatic rings. The van der Waals surface area contributed by atoms with E-state index in [1.807, 2.05) is 26.0 Å². The molecule has 1 aromatic heterocycles. The van der Waals surface area contributed by atoms with Crippen LogP contribution in [-0.2, 0) is 13.1 Å². The minimum atomic E-state index is 0.410. The van der Waals surface area contributed by atoms with Crippen LogP contribution in [0.25, 0.3) is 0 Å². The van der Waals surface area contributed by atoms with Crippen LogP contribution >= 0.6 is 0 Å². The minimum Gasteiger partial charge on any atom is -0.508 e. The van der Waals surface area contributed by atoms with Crippen molar-refractivity contribution < 1.29 is 9.63 Å². The van der Waals surface area contributed by atoms with E-state index in [0.29, 0.717) is 5.75 Å². The van der Waals surface area contributed by atoms with Gasteiger partial charge in [-0.05, 0) is 38.0 Å². The number of nitrogens with zero attached hydrogens (tertiary/aromatic N) is 3. The van der Waals surface area contributed by atoms with Gasteiger partial charge >= 0.3 is 0 Å². The molecule has 1 aromatic carbocycles.